The summed E-state index contributed by atoms with van der Waals surface area (Å²) in [5, 5.41) is 3.88. The summed E-state index contributed by atoms with van der Waals surface area (Å²) in [6.07, 6.45) is 0. The molecule has 0 unspecified atom stereocenters. The first-order chi connectivity index (χ1) is 4.95. The minimum Gasteiger partial charge on any atom is -0.390 e. The van der Waals surface area contributed by atoms with Crippen molar-refractivity contribution >= 4 is 5.71 Å². The van der Waals surface area contributed by atoms with Crippen molar-refractivity contribution in [3.8, 4) is 0 Å². The molecule has 0 aromatic carbocycles. The molecule has 0 radical (unpaired) electrons. The minimum absolute atomic E-state index is 0.213. The second-order valence-corrected chi connectivity index (χ2v) is 3.46. The normalized spacial score (nSPS) is 13.4. The quantitative estimate of drug-likeness (QED) is 0.464. The highest BCUT2D eigenvalue weighted by atomic mass is 16.6. The van der Waals surface area contributed by atoms with Gasteiger partial charge in [-0.2, -0.15) is 0 Å². The van der Waals surface area contributed by atoms with Gasteiger partial charge in [-0.3, -0.25) is 0 Å². The van der Waals surface area contributed by atoms with Crippen LogP contribution in [0.25, 0.3) is 0 Å². The van der Waals surface area contributed by atoms with Gasteiger partial charge in [0.15, 0.2) is 0 Å². The standard InChI is InChI=1S/C8H17NO2/c1-7(6-10-5)9-11-8(2,3)4/h6H2,1-5H3/b9-7+. The fourth-order valence-electron chi connectivity index (χ4n) is 0.450. The summed E-state index contributed by atoms with van der Waals surface area (Å²) in [7, 11) is 1.64. The molecular weight excluding hydrogens is 142 g/mol. The molecule has 3 heteroatoms. The molecule has 0 spiro atoms. The molecule has 66 valence electrons. The van der Waals surface area contributed by atoms with E-state index in [-0.39, 0.29) is 5.60 Å². The fourth-order valence-corrected chi connectivity index (χ4v) is 0.450. The summed E-state index contributed by atoms with van der Waals surface area (Å²) in [5.41, 5.74) is 0.636. The van der Waals surface area contributed by atoms with Gasteiger partial charge in [0, 0.05) is 7.11 Å². The van der Waals surface area contributed by atoms with Crippen LogP contribution in [0, 0.1) is 0 Å². The molecule has 0 amide bonds. The molecule has 0 aliphatic heterocycles. The van der Waals surface area contributed by atoms with Crippen molar-refractivity contribution in [2.45, 2.75) is 33.3 Å². The van der Waals surface area contributed by atoms with Gasteiger partial charge < -0.3 is 9.57 Å². The van der Waals surface area contributed by atoms with Gasteiger partial charge in [-0.05, 0) is 27.7 Å². The Morgan fingerprint density at radius 2 is 1.91 bits per heavy atom. The highest BCUT2D eigenvalue weighted by Gasteiger charge is 2.09. The number of hydrogen-bond acceptors (Lipinski definition) is 3. The maximum Gasteiger partial charge on any atom is 0.129 e. The van der Waals surface area contributed by atoms with Gasteiger partial charge >= 0.3 is 0 Å². The second kappa shape index (κ2) is 4.34. The number of methoxy groups -OCH3 is 1. The molecule has 0 aromatic heterocycles. The van der Waals surface area contributed by atoms with Gasteiger partial charge in [0.25, 0.3) is 0 Å². The van der Waals surface area contributed by atoms with Crippen LogP contribution in [-0.4, -0.2) is 25.0 Å². The zero-order chi connectivity index (χ0) is 8.91. The molecule has 0 fully saturated rings. The molecule has 0 rings (SSSR count). The van der Waals surface area contributed by atoms with E-state index in [1.807, 2.05) is 27.7 Å². The molecule has 0 bridgehead atoms. The Bertz CT molecular complexity index is 136. The van der Waals surface area contributed by atoms with E-state index in [0.717, 1.165) is 5.71 Å². The monoisotopic (exact) mass is 159 g/mol. The van der Waals surface area contributed by atoms with E-state index < -0.39 is 0 Å². The molecular formula is C8H17NO2. The summed E-state index contributed by atoms with van der Waals surface area (Å²) in [6, 6.07) is 0. The summed E-state index contributed by atoms with van der Waals surface area (Å²) in [6.45, 7) is 8.26. The Kier molecular flexibility index (Phi) is 4.11. The second-order valence-electron chi connectivity index (χ2n) is 3.46. The molecule has 11 heavy (non-hydrogen) atoms. The van der Waals surface area contributed by atoms with Gasteiger partial charge in [-0.1, -0.05) is 5.16 Å². The molecule has 0 heterocycles. The predicted octanol–water partition coefficient (Wildman–Crippen LogP) is 1.82. The maximum absolute atomic E-state index is 5.15. The van der Waals surface area contributed by atoms with Crippen molar-refractivity contribution in [3.05, 3.63) is 0 Å². The van der Waals surface area contributed by atoms with Crippen LogP contribution in [0.5, 0.6) is 0 Å². The van der Waals surface area contributed by atoms with E-state index in [1.165, 1.54) is 0 Å². The summed E-state index contributed by atoms with van der Waals surface area (Å²) < 4.78 is 4.86. The number of nitrogens with zero attached hydrogens (tertiary/aromatic N) is 1. The number of ether oxygens (including phenoxy) is 1. The van der Waals surface area contributed by atoms with Crippen LogP contribution in [0.3, 0.4) is 0 Å². The van der Waals surface area contributed by atoms with Gasteiger partial charge in [-0.25, -0.2) is 0 Å². The Balaban J connectivity index is 3.73. The van der Waals surface area contributed by atoms with Crippen LogP contribution in [0.15, 0.2) is 5.16 Å². The third kappa shape index (κ3) is 7.33. The topological polar surface area (TPSA) is 30.8 Å². The molecule has 3 nitrogen and oxygen atoms in total. The molecule has 0 saturated carbocycles. The van der Waals surface area contributed by atoms with E-state index in [2.05, 4.69) is 5.16 Å². The zero-order valence-corrected chi connectivity index (χ0v) is 7.97. The lowest BCUT2D eigenvalue weighted by Gasteiger charge is -2.15. The van der Waals surface area contributed by atoms with Crippen LogP contribution in [0.1, 0.15) is 27.7 Å². The van der Waals surface area contributed by atoms with E-state index in [4.69, 9.17) is 9.57 Å². The minimum atomic E-state index is -0.213. The lowest BCUT2D eigenvalue weighted by molar-refractivity contribution is -0.000290. The lowest BCUT2D eigenvalue weighted by Crippen LogP contribution is -2.17. The molecule has 0 N–H and O–H groups in total. The Morgan fingerprint density at radius 3 is 2.27 bits per heavy atom. The molecule has 0 atom stereocenters. The van der Waals surface area contributed by atoms with E-state index in [1.54, 1.807) is 7.11 Å². The van der Waals surface area contributed by atoms with Crippen LogP contribution < -0.4 is 0 Å². The largest absolute Gasteiger partial charge is 0.390 e. The highest BCUT2D eigenvalue weighted by Crippen LogP contribution is 2.06. The SMILES string of the molecule is COC/C(C)=N/OC(C)(C)C. The van der Waals surface area contributed by atoms with Crippen LogP contribution in [0.2, 0.25) is 0 Å². The van der Waals surface area contributed by atoms with Gasteiger partial charge in [-0.15, -0.1) is 0 Å². The van der Waals surface area contributed by atoms with Gasteiger partial charge in [0.1, 0.15) is 5.60 Å². The lowest BCUT2D eigenvalue weighted by atomic mass is 10.2. The first-order valence-corrected chi connectivity index (χ1v) is 3.66. The van der Waals surface area contributed by atoms with Crippen LogP contribution >= 0.6 is 0 Å². The van der Waals surface area contributed by atoms with Gasteiger partial charge in [0.05, 0.1) is 12.3 Å². The molecule has 0 saturated heterocycles. The van der Waals surface area contributed by atoms with Crippen LogP contribution in [-0.2, 0) is 9.57 Å². The zero-order valence-electron chi connectivity index (χ0n) is 7.97. The van der Waals surface area contributed by atoms with Crippen molar-refractivity contribution in [3.63, 3.8) is 0 Å². The Hall–Kier alpha value is -0.570. The number of rotatable bonds is 3. The smallest absolute Gasteiger partial charge is 0.129 e. The summed E-state index contributed by atoms with van der Waals surface area (Å²) in [4.78, 5) is 5.15. The summed E-state index contributed by atoms with van der Waals surface area (Å²) >= 11 is 0. The van der Waals surface area contributed by atoms with Crippen molar-refractivity contribution in [1.82, 2.24) is 0 Å². The maximum atomic E-state index is 5.15. The fraction of sp³-hybridized carbons (Fsp3) is 0.875. The number of hydrogen-bond donors (Lipinski definition) is 0. The molecule has 0 aromatic rings. The summed E-state index contributed by atoms with van der Waals surface area (Å²) in [5.74, 6) is 0. The van der Waals surface area contributed by atoms with Crippen molar-refractivity contribution in [1.29, 1.82) is 0 Å². The first-order valence-electron chi connectivity index (χ1n) is 3.66. The predicted molar refractivity (Wildman–Crippen MR) is 45.8 cm³/mol. The number of oxime groups is 1. The Morgan fingerprint density at radius 1 is 1.36 bits per heavy atom. The third-order valence-electron chi connectivity index (χ3n) is 0.829. The van der Waals surface area contributed by atoms with Crippen molar-refractivity contribution in [2.24, 2.45) is 5.16 Å². The average molecular weight is 159 g/mol. The van der Waals surface area contributed by atoms with E-state index >= 15 is 0 Å². The van der Waals surface area contributed by atoms with Crippen LogP contribution in [0.4, 0.5) is 0 Å². The van der Waals surface area contributed by atoms with Gasteiger partial charge in [0.2, 0.25) is 0 Å². The molecule has 0 aliphatic rings. The van der Waals surface area contributed by atoms with E-state index in [0.29, 0.717) is 6.61 Å². The molecule has 0 aliphatic carbocycles. The highest BCUT2D eigenvalue weighted by molar-refractivity contribution is 5.82. The first kappa shape index (κ1) is 10.4. The van der Waals surface area contributed by atoms with Crippen molar-refractivity contribution in [2.75, 3.05) is 13.7 Å². The third-order valence-corrected chi connectivity index (χ3v) is 0.829. The average Bonchev–Trinajstić information content (AvgIpc) is 1.83. The van der Waals surface area contributed by atoms with Crippen molar-refractivity contribution < 1.29 is 9.57 Å². The van der Waals surface area contributed by atoms with E-state index in [9.17, 15) is 0 Å². The Labute approximate surface area is 68.4 Å².